The number of rotatable bonds is 3. The van der Waals surface area contributed by atoms with Crippen molar-refractivity contribution in [1.82, 2.24) is 14.5 Å². The predicted octanol–water partition coefficient (Wildman–Crippen LogP) is 4.93. The number of carbonyl (C=O) groups excluding carboxylic acids is 1. The maximum Gasteiger partial charge on any atom is 0.416 e. The molecule has 2 aliphatic rings. The van der Waals surface area contributed by atoms with Crippen molar-refractivity contribution in [1.29, 1.82) is 5.26 Å². The van der Waals surface area contributed by atoms with E-state index in [1.165, 1.54) is 0 Å². The van der Waals surface area contributed by atoms with Crippen molar-refractivity contribution in [2.75, 3.05) is 11.4 Å². The third-order valence-corrected chi connectivity index (χ3v) is 6.72. The number of amides is 1. The first-order valence-corrected chi connectivity index (χ1v) is 10.7. The van der Waals surface area contributed by atoms with Crippen LogP contribution < -0.4 is 4.90 Å². The summed E-state index contributed by atoms with van der Waals surface area (Å²) in [6, 6.07) is 11.2. The number of halogens is 1. The maximum absolute atomic E-state index is 12.7. The molecule has 1 aliphatic carbocycles. The molecule has 0 radical (unpaired) electrons. The van der Waals surface area contributed by atoms with E-state index in [-0.39, 0.29) is 5.41 Å². The number of nitrogens with zero attached hydrogens (tertiary/aromatic N) is 5. The zero-order chi connectivity index (χ0) is 21.6. The van der Waals surface area contributed by atoms with Gasteiger partial charge in [-0.1, -0.05) is 18.5 Å². The Bertz CT molecular complexity index is 1220. The lowest BCUT2D eigenvalue weighted by molar-refractivity contribution is -0.0264. The number of hydrogen-bond acceptors (Lipinski definition) is 5. The lowest BCUT2D eigenvalue weighted by atomic mass is 9.68. The highest BCUT2D eigenvalue weighted by Crippen LogP contribution is 2.48. The maximum atomic E-state index is 12.7. The van der Waals surface area contributed by atoms with Gasteiger partial charge in [-0.15, -0.1) is 0 Å². The Hall–Kier alpha value is -3.11. The largest absolute Gasteiger partial charge is 0.441 e. The number of pyridine rings is 1. The zero-order valence-corrected chi connectivity index (χ0v) is 18.0. The standard InChI is InChI=1S/C23H22ClN5O2/c1-22(13-28-15-27-18-6-5-16(11-25)10-19(18)28)7-3-8-23(12-22)14-29(21(30)31-23)20-17(24)4-2-9-26-20/h2,4-6,9-10,15H,3,7-8,12-14H2,1H3/t22-,23-/m0/s1. The number of benzene rings is 1. The van der Waals surface area contributed by atoms with Gasteiger partial charge in [-0.25, -0.2) is 14.8 Å². The molecule has 8 heteroatoms. The Morgan fingerprint density at radius 3 is 2.97 bits per heavy atom. The number of carbonyl (C=O) groups is 1. The summed E-state index contributed by atoms with van der Waals surface area (Å²) < 4.78 is 8.08. The SMILES string of the molecule is C[C@]1(Cn2cnc3ccc(C#N)cc32)CCC[C@@]2(CN(c3ncccc3Cl)C(=O)O2)C1. The van der Waals surface area contributed by atoms with Crippen molar-refractivity contribution < 1.29 is 9.53 Å². The van der Waals surface area contributed by atoms with E-state index >= 15 is 0 Å². The summed E-state index contributed by atoms with van der Waals surface area (Å²) in [7, 11) is 0. The molecule has 2 fully saturated rings. The molecule has 31 heavy (non-hydrogen) atoms. The van der Waals surface area contributed by atoms with Gasteiger partial charge >= 0.3 is 6.09 Å². The third kappa shape index (κ3) is 3.51. The fraction of sp³-hybridized carbons (Fsp3) is 0.391. The average Bonchev–Trinajstić information content (AvgIpc) is 3.27. The molecular weight excluding hydrogens is 414 g/mol. The molecule has 2 atom stereocenters. The highest BCUT2D eigenvalue weighted by molar-refractivity contribution is 6.33. The summed E-state index contributed by atoms with van der Waals surface area (Å²) in [5.74, 6) is 0.447. The second kappa shape index (κ2) is 7.24. The third-order valence-electron chi connectivity index (χ3n) is 6.43. The summed E-state index contributed by atoms with van der Waals surface area (Å²) in [4.78, 5) is 23.1. The molecule has 7 nitrogen and oxygen atoms in total. The highest BCUT2D eigenvalue weighted by Gasteiger charge is 2.52. The first kappa shape index (κ1) is 19.8. The van der Waals surface area contributed by atoms with E-state index in [9.17, 15) is 10.1 Å². The van der Waals surface area contributed by atoms with Gasteiger partial charge in [0.25, 0.3) is 0 Å². The van der Waals surface area contributed by atoms with Crippen molar-refractivity contribution in [2.45, 2.75) is 44.8 Å². The van der Waals surface area contributed by atoms with Gasteiger partial charge in [0.05, 0.1) is 40.6 Å². The Labute approximate surface area is 185 Å². The fourth-order valence-corrected chi connectivity index (χ4v) is 5.40. The summed E-state index contributed by atoms with van der Waals surface area (Å²) >= 11 is 6.28. The van der Waals surface area contributed by atoms with Crippen LogP contribution in [0.1, 0.15) is 38.2 Å². The van der Waals surface area contributed by atoms with Crippen LogP contribution in [0, 0.1) is 16.7 Å². The molecule has 1 amide bonds. The molecule has 3 heterocycles. The fourth-order valence-electron chi connectivity index (χ4n) is 5.18. The number of nitriles is 1. The van der Waals surface area contributed by atoms with Crippen LogP contribution >= 0.6 is 11.6 Å². The van der Waals surface area contributed by atoms with Crippen molar-refractivity contribution in [2.24, 2.45) is 5.41 Å². The van der Waals surface area contributed by atoms with Crippen molar-refractivity contribution in [3.63, 3.8) is 0 Å². The van der Waals surface area contributed by atoms with E-state index in [1.54, 1.807) is 29.3 Å². The molecular formula is C23H22ClN5O2. The van der Waals surface area contributed by atoms with Gasteiger partial charge < -0.3 is 9.30 Å². The van der Waals surface area contributed by atoms with Crippen LogP contribution in [0.15, 0.2) is 42.9 Å². The number of fused-ring (bicyclic) bond motifs is 1. The molecule has 5 rings (SSSR count). The minimum absolute atomic E-state index is 0.0846. The first-order chi connectivity index (χ1) is 14.9. The van der Waals surface area contributed by atoms with Gasteiger partial charge in [0.2, 0.25) is 0 Å². The van der Waals surface area contributed by atoms with Gasteiger partial charge in [-0.05, 0) is 61.4 Å². The van der Waals surface area contributed by atoms with Gasteiger partial charge in [0.1, 0.15) is 5.60 Å². The van der Waals surface area contributed by atoms with Crippen LogP contribution in [0.5, 0.6) is 0 Å². The number of aromatic nitrogens is 3. The molecule has 1 aromatic carbocycles. The molecule has 0 bridgehead atoms. The van der Waals surface area contributed by atoms with Gasteiger partial charge in [0.15, 0.2) is 5.82 Å². The van der Waals surface area contributed by atoms with Gasteiger partial charge in [-0.3, -0.25) is 4.90 Å². The normalized spacial score (nSPS) is 25.7. The highest BCUT2D eigenvalue weighted by atomic mass is 35.5. The molecule has 1 saturated heterocycles. The van der Waals surface area contributed by atoms with E-state index < -0.39 is 11.7 Å². The topological polar surface area (TPSA) is 84.0 Å². The van der Waals surface area contributed by atoms with Crippen molar-refractivity contribution in [3.8, 4) is 6.07 Å². The Morgan fingerprint density at radius 1 is 1.29 bits per heavy atom. The van der Waals surface area contributed by atoms with Crippen LogP contribution in [0.4, 0.5) is 10.6 Å². The average molecular weight is 436 g/mol. The quantitative estimate of drug-likeness (QED) is 0.582. The van der Waals surface area contributed by atoms with E-state index in [0.29, 0.717) is 22.9 Å². The Kier molecular flexibility index (Phi) is 4.63. The Morgan fingerprint density at radius 2 is 2.16 bits per heavy atom. The Balaban J connectivity index is 1.41. The van der Waals surface area contributed by atoms with Crippen LogP contribution in [-0.2, 0) is 11.3 Å². The molecule has 1 saturated carbocycles. The minimum atomic E-state index is -0.556. The molecule has 1 spiro atoms. The molecule has 3 aromatic rings. The summed E-state index contributed by atoms with van der Waals surface area (Å²) in [6.45, 7) is 3.42. The molecule has 0 unspecified atom stereocenters. The molecule has 158 valence electrons. The lowest BCUT2D eigenvalue weighted by Gasteiger charge is -2.43. The van der Waals surface area contributed by atoms with Gasteiger partial charge in [-0.2, -0.15) is 5.26 Å². The number of imidazole rings is 1. The van der Waals surface area contributed by atoms with E-state index in [2.05, 4.69) is 27.5 Å². The molecule has 1 aliphatic heterocycles. The lowest BCUT2D eigenvalue weighted by Crippen LogP contribution is -2.45. The smallest absolute Gasteiger partial charge is 0.416 e. The van der Waals surface area contributed by atoms with Crippen LogP contribution in [-0.4, -0.2) is 32.8 Å². The number of anilines is 1. The second-order valence-corrected chi connectivity index (χ2v) is 9.38. The summed E-state index contributed by atoms with van der Waals surface area (Å²) in [5, 5.41) is 9.69. The number of hydrogen-bond donors (Lipinski definition) is 0. The van der Waals surface area contributed by atoms with E-state index in [0.717, 1.165) is 43.3 Å². The van der Waals surface area contributed by atoms with E-state index in [4.69, 9.17) is 16.3 Å². The molecule has 0 N–H and O–H groups in total. The van der Waals surface area contributed by atoms with Crippen LogP contribution in [0.2, 0.25) is 5.02 Å². The van der Waals surface area contributed by atoms with E-state index in [1.807, 2.05) is 18.5 Å². The van der Waals surface area contributed by atoms with Gasteiger partial charge in [0, 0.05) is 12.7 Å². The first-order valence-electron chi connectivity index (χ1n) is 10.4. The molecule has 2 aromatic heterocycles. The van der Waals surface area contributed by atoms with Crippen LogP contribution in [0.3, 0.4) is 0 Å². The summed E-state index contributed by atoms with van der Waals surface area (Å²) in [5.41, 5.74) is 1.80. The van der Waals surface area contributed by atoms with Crippen molar-refractivity contribution in [3.05, 3.63) is 53.4 Å². The number of ether oxygens (including phenoxy) is 1. The predicted molar refractivity (Wildman–Crippen MR) is 117 cm³/mol. The summed E-state index contributed by atoms with van der Waals surface area (Å²) in [6.07, 6.45) is 6.61. The monoisotopic (exact) mass is 435 g/mol. The zero-order valence-electron chi connectivity index (χ0n) is 17.2. The van der Waals surface area contributed by atoms with Crippen molar-refractivity contribution >= 4 is 34.5 Å². The van der Waals surface area contributed by atoms with Crippen LogP contribution in [0.25, 0.3) is 11.0 Å². The minimum Gasteiger partial charge on any atom is -0.441 e. The second-order valence-electron chi connectivity index (χ2n) is 8.97.